The zero-order valence-corrected chi connectivity index (χ0v) is 10.7. The number of hydrogen-bond acceptors (Lipinski definition) is 3. The summed E-state index contributed by atoms with van der Waals surface area (Å²) in [7, 11) is -2.03. The topological polar surface area (TPSA) is 86.7 Å². The Hall–Kier alpha value is -0.660. The van der Waals surface area contributed by atoms with Crippen molar-refractivity contribution in [3.8, 4) is 0 Å². The molecule has 0 heterocycles. The van der Waals surface area contributed by atoms with E-state index in [4.69, 9.17) is 5.11 Å². The van der Waals surface area contributed by atoms with E-state index in [-0.39, 0.29) is 18.9 Å². The maximum atomic E-state index is 11.6. The first-order valence-corrected chi connectivity index (χ1v) is 6.62. The highest BCUT2D eigenvalue weighted by Crippen LogP contribution is 1.99. The maximum absolute atomic E-state index is 11.6. The number of aliphatic carboxylic acids is 1. The van der Waals surface area contributed by atoms with Gasteiger partial charge in [-0.25, -0.2) is 4.72 Å². The Morgan fingerprint density at radius 3 is 2.44 bits per heavy atom. The van der Waals surface area contributed by atoms with Crippen LogP contribution in [0.2, 0.25) is 0 Å². The van der Waals surface area contributed by atoms with Gasteiger partial charge in [-0.15, -0.1) is 0 Å². The van der Waals surface area contributed by atoms with Gasteiger partial charge < -0.3 is 5.11 Å². The largest absolute Gasteiger partial charge is 0.481 e. The molecule has 0 fully saturated rings. The van der Waals surface area contributed by atoms with E-state index in [0.29, 0.717) is 13.0 Å². The minimum Gasteiger partial charge on any atom is -0.481 e. The molecule has 96 valence electrons. The van der Waals surface area contributed by atoms with Gasteiger partial charge >= 0.3 is 5.97 Å². The molecule has 0 unspecified atom stereocenters. The van der Waals surface area contributed by atoms with Gasteiger partial charge in [0.1, 0.15) is 0 Å². The van der Waals surface area contributed by atoms with Gasteiger partial charge in [0.05, 0.1) is 0 Å². The molecule has 0 aromatic heterocycles. The number of nitrogens with zero attached hydrogens (tertiary/aromatic N) is 1. The summed E-state index contributed by atoms with van der Waals surface area (Å²) < 4.78 is 26.7. The van der Waals surface area contributed by atoms with Crippen molar-refractivity contribution in [1.82, 2.24) is 9.03 Å². The molecule has 0 amide bonds. The summed E-state index contributed by atoms with van der Waals surface area (Å²) in [5.74, 6) is -0.678. The van der Waals surface area contributed by atoms with Gasteiger partial charge in [-0.3, -0.25) is 4.79 Å². The molecule has 0 atom stereocenters. The predicted octanol–water partition coefficient (Wildman–Crippen LogP) is 0.273. The quantitative estimate of drug-likeness (QED) is 0.649. The minimum atomic E-state index is -3.46. The first-order valence-electron chi connectivity index (χ1n) is 5.18. The second kappa shape index (κ2) is 6.82. The van der Waals surface area contributed by atoms with Gasteiger partial charge in [-0.2, -0.15) is 12.7 Å². The van der Waals surface area contributed by atoms with Crippen LogP contribution in [0.15, 0.2) is 0 Å². The maximum Gasteiger partial charge on any atom is 0.303 e. The number of rotatable bonds is 8. The summed E-state index contributed by atoms with van der Waals surface area (Å²) in [4.78, 5) is 10.3. The van der Waals surface area contributed by atoms with Crippen LogP contribution in [0, 0.1) is 5.92 Å². The first-order chi connectivity index (χ1) is 7.25. The third-order valence-electron chi connectivity index (χ3n) is 1.95. The van der Waals surface area contributed by atoms with Gasteiger partial charge in [-0.05, 0) is 12.3 Å². The third-order valence-corrected chi connectivity index (χ3v) is 3.48. The normalized spacial score (nSPS) is 12.3. The first kappa shape index (κ1) is 15.3. The molecule has 0 rings (SSSR count). The summed E-state index contributed by atoms with van der Waals surface area (Å²) in [5, 5.41) is 8.42. The van der Waals surface area contributed by atoms with Crippen LogP contribution >= 0.6 is 0 Å². The molecular formula is C9H20N2O4S. The lowest BCUT2D eigenvalue weighted by Gasteiger charge is -2.18. The van der Waals surface area contributed by atoms with E-state index >= 15 is 0 Å². The standard InChI is InChI=1S/C9H20N2O4S/c1-8(2)7-10-16(14,15)11(3)6-4-5-9(12)13/h8,10H,4-7H2,1-3H3,(H,12,13). The number of carboxylic acids is 1. The molecule has 0 aromatic rings. The van der Waals surface area contributed by atoms with Crippen molar-refractivity contribution < 1.29 is 18.3 Å². The third kappa shape index (κ3) is 6.76. The number of carboxylic acid groups (broad SMARTS) is 1. The average molecular weight is 252 g/mol. The fourth-order valence-electron chi connectivity index (χ4n) is 0.955. The van der Waals surface area contributed by atoms with Crippen LogP contribution < -0.4 is 4.72 Å². The summed E-state index contributed by atoms with van der Waals surface area (Å²) in [6.07, 6.45) is 0.290. The second-order valence-electron chi connectivity index (χ2n) is 4.07. The summed E-state index contributed by atoms with van der Waals surface area (Å²) in [6, 6.07) is 0. The van der Waals surface area contributed by atoms with Crippen molar-refractivity contribution in [2.45, 2.75) is 26.7 Å². The van der Waals surface area contributed by atoms with Crippen LogP contribution in [0.4, 0.5) is 0 Å². The highest BCUT2D eigenvalue weighted by atomic mass is 32.2. The Labute approximate surface area is 96.8 Å². The molecule has 0 aliphatic carbocycles. The molecule has 0 aliphatic rings. The number of hydrogen-bond donors (Lipinski definition) is 2. The zero-order chi connectivity index (χ0) is 12.8. The van der Waals surface area contributed by atoms with Crippen LogP contribution in [-0.2, 0) is 15.0 Å². The molecular weight excluding hydrogens is 232 g/mol. The Morgan fingerprint density at radius 1 is 1.44 bits per heavy atom. The van der Waals surface area contributed by atoms with Crippen LogP contribution in [0.1, 0.15) is 26.7 Å². The van der Waals surface area contributed by atoms with E-state index in [1.165, 1.54) is 7.05 Å². The van der Waals surface area contributed by atoms with Crippen molar-refractivity contribution in [1.29, 1.82) is 0 Å². The lowest BCUT2D eigenvalue weighted by atomic mass is 10.2. The van der Waals surface area contributed by atoms with E-state index in [2.05, 4.69) is 4.72 Å². The molecule has 0 aromatic carbocycles. The highest BCUT2D eigenvalue weighted by molar-refractivity contribution is 7.87. The van der Waals surface area contributed by atoms with Crippen LogP contribution in [-0.4, -0.2) is 43.9 Å². The van der Waals surface area contributed by atoms with Crippen LogP contribution in [0.5, 0.6) is 0 Å². The number of nitrogens with one attached hydrogen (secondary N) is 1. The molecule has 0 saturated carbocycles. The predicted molar refractivity (Wildman–Crippen MR) is 61.3 cm³/mol. The van der Waals surface area contributed by atoms with Crippen molar-refractivity contribution in [3.63, 3.8) is 0 Å². The van der Waals surface area contributed by atoms with E-state index in [0.717, 1.165) is 4.31 Å². The van der Waals surface area contributed by atoms with Gasteiger partial charge in [0.15, 0.2) is 0 Å². The fraction of sp³-hybridized carbons (Fsp3) is 0.889. The molecule has 0 aliphatic heterocycles. The Balaban J connectivity index is 4.04. The van der Waals surface area contributed by atoms with E-state index < -0.39 is 16.2 Å². The second-order valence-corrected chi connectivity index (χ2v) is 5.93. The van der Waals surface area contributed by atoms with Gasteiger partial charge in [-0.1, -0.05) is 13.8 Å². The SMILES string of the molecule is CC(C)CNS(=O)(=O)N(C)CCCC(=O)O. The fourth-order valence-corrected chi connectivity index (χ4v) is 2.09. The highest BCUT2D eigenvalue weighted by Gasteiger charge is 2.17. The van der Waals surface area contributed by atoms with Gasteiger partial charge in [0.2, 0.25) is 0 Å². The summed E-state index contributed by atoms with van der Waals surface area (Å²) in [5.41, 5.74) is 0. The molecule has 0 bridgehead atoms. The van der Waals surface area contributed by atoms with Crippen molar-refractivity contribution >= 4 is 16.2 Å². The zero-order valence-electron chi connectivity index (χ0n) is 9.93. The van der Waals surface area contributed by atoms with Crippen molar-refractivity contribution in [2.75, 3.05) is 20.1 Å². The Morgan fingerprint density at radius 2 is 2.00 bits per heavy atom. The summed E-state index contributed by atoms with van der Waals surface area (Å²) >= 11 is 0. The molecule has 16 heavy (non-hydrogen) atoms. The number of carbonyl (C=O) groups is 1. The van der Waals surface area contributed by atoms with Crippen molar-refractivity contribution in [3.05, 3.63) is 0 Å². The van der Waals surface area contributed by atoms with E-state index in [1.807, 2.05) is 13.8 Å². The molecule has 0 saturated heterocycles. The van der Waals surface area contributed by atoms with Crippen molar-refractivity contribution in [2.24, 2.45) is 5.92 Å². The monoisotopic (exact) mass is 252 g/mol. The summed E-state index contributed by atoms with van der Waals surface area (Å²) in [6.45, 7) is 4.41. The average Bonchev–Trinajstić information content (AvgIpc) is 2.14. The van der Waals surface area contributed by atoms with E-state index in [1.54, 1.807) is 0 Å². The Bertz CT molecular complexity index is 313. The van der Waals surface area contributed by atoms with Crippen LogP contribution in [0.25, 0.3) is 0 Å². The molecule has 7 heteroatoms. The smallest absolute Gasteiger partial charge is 0.303 e. The molecule has 2 N–H and O–H groups in total. The molecule has 0 radical (unpaired) electrons. The molecule has 6 nitrogen and oxygen atoms in total. The lowest BCUT2D eigenvalue weighted by molar-refractivity contribution is -0.137. The lowest BCUT2D eigenvalue weighted by Crippen LogP contribution is -2.40. The molecule has 0 spiro atoms. The Kier molecular flexibility index (Phi) is 6.54. The minimum absolute atomic E-state index is 0.0238. The van der Waals surface area contributed by atoms with Crippen LogP contribution in [0.3, 0.4) is 0 Å². The van der Waals surface area contributed by atoms with Gasteiger partial charge in [0.25, 0.3) is 10.2 Å². The van der Waals surface area contributed by atoms with E-state index in [9.17, 15) is 13.2 Å². The van der Waals surface area contributed by atoms with Gasteiger partial charge in [0, 0.05) is 26.6 Å².